The minimum absolute atomic E-state index is 0.0258. The molecular formula is C20H25N5O2. The third kappa shape index (κ3) is 5.79. The van der Waals surface area contributed by atoms with Gasteiger partial charge in [-0.3, -0.25) is 14.5 Å². The van der Waals surface area contributed by atoms with E-state index in [1.165, 1.54) is 6.92 Å². The van der Waals surface area contributed by atoms with Crippen molar-refractivity contribution >= 4 is 29.0 Å². The van der Waals surface area contributed by atoms with Crippen molar-refractivity contribution in [2.75, 3.05) is 48.3 Å². The lowest BCUT2D eigenvalue weighted by Gasteiger charge is -2.35. The summed E-state index contributed by atoms with van der Waals surface area (Å²) in [4.78, 5) is 32.3. The van der Waals surface area contributed by atoms with Gasteiger partial charge in [-0.25, -0.2) is 4.98 Å². The van der Waals surface area contributed by atoms with Gasteiger partial charge in [-0.15, -0.1) is 0 Å². The van der Waals surface area contributed by atoms with E-state index in [1.807, 2.05) is 30.5 Å². The molecule has 7 nitrogen and oxygen atoms in total. The molecule has 1 saturated heterocycles. The van der Waals surface area contributed by atoms with Crippen LogP contribution in [0.1, 0.15) is 13.3 Å². The molecule has 7 heteroatoms. The molecule has 1 aliphatic heterocycles. The van der Waals surface area contributed by atoms with Gasteiger partial charge in [-0.2, -0.15) is 0 Å². The van der Waals surface area contributed by atoms with Gasteiger partial charge in [-0.05, 0) is 30.3 Å². The van der Waals surface area contributed by atoms with Crippen molar-refractivity contribution in [2.45, 2.75) is 13.3 Å². The van der Waals surface area contributed by atoms with Gasteiger partial charge in [0.15, 0.2) is 0 Å². The zero-order chi connectivity index (χ0) is 19.1. The zero-order valence-electron chi connectivity index (χ0n) is 15.5. The van der Waals surface area contributed by atoms with Crippen molar-refractivity contribution in [3.8, 4) is 0 Å². The van der Waals surface area contributed by atoms with Crippen LogP contribution >= 0.6 is 0 Å². The molecule has 2 amide bonds. The van der Waals surface area contributed by atoms with Gasteiger partial charge in [0.2, 0.25) is 11.8 Å². The molecule has 1 aliphatic rings. The second kappa shape index (κ2) is 9.14. The molecule has 0 aliphatic carbocycles. The van der Waals surface area contributed by atoms with Gasteiger partial charge in [0.05, 0.1) is 0 Å². The summed E-state index contributed by atoms with van der Waals surface area (Å²) in [5, 5.41) is 5.60. The third-order valence-electron chi connectivity index (χ3n) is 4.47. The first kappa shape index (κ1) is 18.8. The molecule has 1 fully saturated rings. The lowest BCUT2D eigenvalue weighted by atomic mass is 10.2. The number of hydrogen-bond donors (Lipinski definition) is 2. The van der Waals surface area contributed by atoms with Crippen LogP contribution in [0, 0.1) is 0 Å². The fourth-order valence-electron chi connectivity index (χ4n) is 3.10. The first-order chi connectivity index (χ1) is 13.1. The normalized spacial score (nSPS) is 14.6. The van der Waals surface area contributed by atoms with Crippen LogP contribution in [0.5, 0.6) is 0 Å². The van der Waals surface area contributed by atoms with Crippen LogP contribution in [0.2, 0.25) is 0 Å². The number of piperazine rings is 1. The number of anilines is 3. The Morgan fingerprint density at radius 1 is 1.00 bits per heavy atom. The molecular weight excluding hydrogens is 342 g/mol. The summed E-state index contributed by atoms with van der Waals surface area (Å²) in [5.74, 6) is 0.847. The Kier molecular flexibility index (Phi) is 6.38. The van der Waals surface area contributed by atoms with Gasteiger partial charge >= 0.3 is 0 Å². The maximum absolute atomic E-state index is 12.2. The average Bonchev–Trinajstić information content (AvgIpc) is 2.67. The molecule has 0 spiro atoms. The second-order valence-electron chi connectivity index (χ2n) is 6.58. The molecule has 1 aromatic carbocycles. The Morgan fingerprint density at radius 3 is 2.41 bits per heavy atom. The van der Waals surface area contributed by atoms with Gasteiger partial charge in [0.25, 0.3) is 0 Å². The number of pyridine rings is 1. The molecule has 0 atom stereocenters. The molecule has 2 aromatic rings. The predicted octanol–water partition coefficient (Wildman–Crippen LogP) is 2.19. The highest BCUT2D eigenvalue weighted by Gasteiger charge is 2.18. The second-order valence-corrected chi connectivity index (χ2v) is 6.58. The number of carbonyl (C=O) groups excluding carboxylic acids is 2. The number of nitrogens with zero attached hydrogens (tertiary/aromatic N) is 3. The zero-order valence-corrected chi connectivity index (χ0v) is 15.5. The smallest absolute Gasteiger partial charge is 0.225 e. The van der Waals surface area contributed by atoms with Crippen LogP contribution in [-0.4, -0.2) is 54.4 Å². The van der Waals surface area contributed by atoms with Crippen LogP contribution in [0.15, 0.2) is 48.7 Å². The van der Waals surface area contributed by atoms with E-state index in [1.54, 1.807) is 18.2 Å². The van der Waals surface area contributed by atoms with Crippen LogP contribution < -0.4 is 15.5 Å². The summed E-state index contributed by atoms with van der Waals surface area (Å²) < 4.78 is 0. The van der Waals surface area contributed by atoms with Crippen LogP contribution in [0.3, 0.4) is 0 Å². The van der Waals surface area contributed by atoms with Gasteiger partial charge < -0.3 is 15.5 Å². The Morgan fingerprint density at radius 2 is 1.74 bits per heavy atom. The van der Waals surface area contributed by atoms with Crippen LogP contribution in [0.25, 0.3) is 0 Å². The van der Waals surface area contributed by atoms with E-state index < -0.39 is 0 Å². The van der Waals surface area contributed by atoms with E-state index in [0.717, 1.165) is 38.5 Å². The summed E-state index contributed by atoms with van der Waals surface area (Å²) in [6, 6.07) is 13.1. The number of hydrogen-bond acceptors (Lipinski definition) is 5. The van der Waals surface area contributed by atoms with Crippen LogP contribution in [0.4, 0.5) is 17.2 Å². The van der Waals surface area contributed by atoms with E-state index in [0.29, 0.717) is 17.8 Å². The summed E-state index contributed by atoms with van der Waals surface area (Å²) in [6.07, 6.45) is 2.25. The standard InChI is InChI=1S/C20H25N5O2/c1-16(26)22-17-5-4-6-18(15-17)23-20(27)8-10-24-11-13-25(14-12-24)19-7-2-3-9-21-19/h2-7,9,15H,8,10-14H2,1H3,(H,22,26)(H,23,27). The molecule has 1 aromatic heterocycles. The molecule has 0 radical (unpaired) electrons. The molecule has 2 N–H and O–H groups in total. The summed E-state index contributed by atoms with van der Waals surface area (Å²) in [7, 11) is 0. The summed E-state index contributed by atoms with van der Waals surface area (Å²) in [5.41, 5.74) is 1.36. The number of aromatic nitrogens is 1. The SMILES string of the molecule is CC(=O)Nc1cccc(NC(=O)CCN2CCN(c3ccccn3)CC2)c1. The molecule has 0 bridgehead atoms. The Hall–Kier alpha value is -2.93. The maximum Gasteiger partial charge on any atom is 0.225 e. The van der Waals surface area contributed by atoms with Gasteiger partial charge in [-0.1, -0.05) is 12.1 Å². The molecule has 0 unspecified atom stereocenters. The number of amides is 2. The van der Waals surface area contributed by atoms with E-state index in [-0.39, 0.29) is 11.8 Å². The largest absolute Gasteiger partial charge is 0.354 e. The van der Waals surface area contributed by atoms with Crippen molar-refractivity contribution < 1.29 is 9.59 Å². The van der Waals surface area contributed by atoms with E-state index in [4.69, 9.17) is 0 Å². The fraction of sp³-hybridized carbons (Fsp3) is 0.350. The van der Waals surface area contributed by atoms with Crippen molar-refractivity contribution in [1.29, 1.82) is 0 Å². The van der Waals surface area contributed by atoms with Crippen molar-refractivity contribution in [1.82, 2.24) is 9.88 Å². The Labute approximate surface area is 159 Å². The topological polar surface area (TPSA) is 77.6 Å². The quantitative estimate of drug-likeness (QED) is 0.818. The molecule has 3 rings (SSSR count). The highest BCUT2D eigenvalue weighted by molar-refractivity contribution is 5.93. The summed E-state index contributed by atoms with van der Waals surface area (Å²) in [6.45, 7) is 5.85. The van der Waals surface area contributed by atoms with Crippen molar-refractivity contribution in [3.05, 3.63) is 48.7 Å². The average molecular weight is 367 g/mol. The Bertz CT molecular complexity index is 773. The molecule has 142 valence electrons. The van der Waals surface area contributed by atoms with Gasteiger partial charge in [0, 0.05) is 63.6 Å². The number of nitrogens with one attached hydrogen (secondary N) is 2. The maximum atomic E-state index is 12.2. The van der Waals surface area contributed by atoms with Crippen molar-refractivity contribution in [2.24, 2.45) is 0 Å². The first-order valence-electron chi connectivity index (χ1n) is 9.16. The van der Waals surface area contributed by atoms with E-state index in [2.05, 4.69) is 25.4 Å². The third-order valence-corrected chi connectivity index (χ3v) is 4.47. The van der Waals surface area contributed by atoms with Crippen molar-refractivity contribution in [3.63, 3.8) is 0 Å². The minimum atomic E-state index is -0.136. The first-order valence-corrected chi connectivity index (χ1v) is 9.16. The molecule has 0 saturated carbocycles. The lowest BCUT2D eigenvalue weighted by molar-refractivity contribution is -0.116. The molecule has 2 heterocycles. The highest BCUT2D eigenvalue weighted by atomic mass is 16.2. The van der Waals surface area contributed by atoms with Crippen LogP contribution in [-0.2, 0) is 9.59 Å². The number of benzene rings is 1. The number of carbonyl (C=O) groups is 2. The summed E-state index contributed by atoms with van der Waals surface area (Å²) >= 11 is 0. The van der Waals surface area contributed by atoms with E-state index >= 15 is 0 Å². The van der Waals surface area contributed by atoms with Gasteiger partial charge in [0.1, 0.15) is 5.82 Å². The lowest BCUT2D eigenvalue weighted by Crippen LogP contribution is -2.47. The minimum Gasteiger partial charge on any atom is -0.354 e. The number of rotatable bonds is 6. The van der Waals surface area contributed by atoms with E-state index in [9.17, 15) is 9.59 Å². The monoisotopic (exact) mass is 367 g/mol. The fourth-order valence-corrected chi connectivity index (χ4v) is 3.10. The molecule has 27 heavy (non-hydrogen) atoms. The highest BCUT2D eigenvalue weighted by Crippen LogP contribution is 2.16. The Balaban J connectivity index is 1.42. The predicted molar refractivity (Wildman–Crippen MR) is 107 cm³/mol.